The van der Waals surface area contributed by atoms with Crippen molar-refractivity contribution in [2.45, 2.75) is 39.8 Å². The number of rotatable bonds is 8. The number of nitrogens with zero attached hydrogens (tertiary/aromatic N) is 6. The summed E-state index contributed by atoms with van der Waals surface area (Å²) in [5.74, 6) is 0.193. The summed E-state index contributed by atoms with van der Waals surface area (Å²) in [6.45, 7) is 8.10. The largest absolute Gasteiger partial charge is 0.364 e. The standard InChI is InChI=1S/C26H33N7O2/c1-18(2)33-17-22(15-28-33)25-19(3)14-27-26(30-25)29-23-9-8-21-16-32(12-10-20(21)13-23)35-24(34)7-6-11-31(4)5/h6-9,13-15,17-18H,10-12,16H2,1-5H3,(H,27,29,30)/b7-6+. The first-order chi connectivity index (χ1) is 16.8. The Morgan fingerprint density at radius 2 is 2.09 bits per heavy atom. The summed E-state index contributed by atoms with van der Waals surface area (Å²) in [5, 5.41) is 9.48. The number of anilines is 2. The monoisotopic (exact) mass is 475 g/mol. The lowest BCUT2D eigenvalue weighted by Crippen LogP contribution is -2.32. The van der Waals surface area contributed by atoms with Crippen molar-refractivity contribution >= 4 is 17.6 Å². The first kappa shape index (κ1) is 24.6. The Kier molecular flexibility index (Phi) is 7.57. The number of fused-ring (bicyclic) bond motifs is 1. The summed E-state index contributed by atoms with van der Waals surface area (Å²) in [6.07, 6.45) is 9.75. The number of aromatic nitrogens is 4. The number of hydroxylamine groups is 2. The lowest BCUT2D eigenvalue weighted by Gasteiger charge is -2.27. The minimum atomic E-state index is -0.347. The smallest absolute Gasteiger partial charge is 0.349 e. The van der Waals surface area contributed by atoms with Gasteiger partial charge in [-0.1, -0.05) is 12.1 Å². The van der Waals surface area contributed by atoms with Gasteiger partial charge in [-0.2, -0.15) is 5.10 Å². The quantitative estimate of drug-likeness (QED) is 0.491. The molecule has 35 heavy (non-hydrogen) atoms. The molecule has 1 aromatic carbocycles. The van der Waals surface area contributed by atoms with Crippen LogP contribution in [0.4, 0.5) is 11.6 Å². The average molecular weight is 476 g/mol. The molecule has 1 N–H and O–H groups in total. The second-order valence-electron chi connectivity index (χ2n) is 9.32. The Morgan fingerprint density at radius 1 is 1.26 bits per heavy atom. The van der Waals surface area contributed by atoms with Crippen LogP contribution < -0.4 is 5.32 Å². The fourth-order valence-electron chi connectivity index (χ4n) is 3.87. The van der Waals surface area contributed by atoms with Crippen LogP contribution in [0, 0.1) is 6.92 Å². The van der Waals surface area contributed by atoms with Crippen LogP contribution in [0.3, 0.4) is 0 Å². The van der Waals surface area contributed by atoms with E-state index in [2.05, 4.69) is 41.4 Å². The van der Waals surface area contributed by atoms with Crippen molar-refractivity contribution in [1.82, 2.24) is 29.7 Å². The maximum Gasteiger partial charge on any atom is 0.349 e. The lowest BCUT2D eigenvalue weighted by molar-refractivity contribution is -0.188. The van der Waals surface area contributed by atoms with E-state index < -0.39 is 0 Å². The van der Waals surface area contributed by atoms with Crippen molar-refractivity contribution in [1.29, 1.82) is 0 Å². The van der Waals surface area contributed by atoms with Crippen molar-refractivity contribution in [3.63, 3.8) is 0 Å². The zero-order valence-electron chi connectivity index (χ0n) is 21.0. The fraction of sp³-hybridized carbons (Fsp3) is 0.385. The Balaban J connectivity index is 1.42. The van der Waals surface area contributed by atoms with E-state index in [0.29, 0.717) is 25.6 Å². The highest BCUT2D eigenvalue weighted by Gasteiger charge is 2.19. The summed E-state index contributed by atoms with van der Waals surface area (Å²) in [5.41, 5.74) is 6.11. The van der Waals surface area contributed by atoms with Gasteiger partial charge in [-0.3, -0.25) is 4.68 Å². The van der Waals surface area contributed by atoms with Gasteiger partial charge in [-0.05, 0) is 70.1 Å². The molecule has 0 bridgehead atoms. The molecule has 0 unspecified atom stereocenters. The van der Waals surface area contributed by atoms with Gasteiger partial charge in [0.25, 0.3) is 0 Å². The van der Waals surface area contributed by atoms with Gasteiger partial charge < -0.3 is 15.1 Å². The number of hydrogen-bond acceptors (Lipinski definition) is 8. The van der Waals surface area contributed by atoms with Crippen molar-refractivity contribution in [2.75, 3.05) is 32.5 Å². The minimum absolute atomic E-state index is 0.290. The van der Waals surface area contributed by atoms with E-state index in [9.17, 15) is 4.79 Å². The average Bonchev–Trinajstić information content (AvgIpc) is 3.31. The third-order valence-electron chi connectivity index (χ3n) is 5.76. The van der Waals surface area contributed by atoms with Crippen molar-refractivity contribution in [3.05, 3.63) is 65.6 Å². The second kappa shape index (κ2) is 10.8. The highest BCUT2D eigenvalue weighted by atomic mass is 16.7. The molecule has 184 valence electrons. The number of benzene rings is 1. The summed E-state index contributed by atoms with van der Waals surface area (Å²) < 4.78 is 1.92. The SMILES string of the molecule is Cc1cnc(Nc2ccc3c(c2)CCN(OC(=O)/C=C/CN(C)C)C3)nc1-c1cnn(C(C)C)c1. The maximum absolute atomic E-state index is 12.1. The van der Waals surface area contributed by atoms with Crippen LogP contribution in [-0.2, 0) is 22.6 Å². The lowest BCUT2D eigenvalue weighted by atomic mass is 10.0. The van der Waals surface area contributed by atoms with Crippen LogP contribution in [-0.4, -0.2) is 62.9 Å². The van der Waals surface area contributed by atoms with Crippen LogP contribution >= 0.6 is 0 Å². The van der Waals surface area contributed by atoms with E-state index in [0.717, 1.165) is 34.5 Å². The molecule has 0 saturated carbocycles. The molecule has 0 aliphatic carbocycles. The normalized spacial score (nSPS) is 14.0. The first-order valence-electron chi connectivity index (χ1n) is 11.8. The summed E-state index contributed by atoms with van der Waals surface area (Å²) in [4.78, 5) is 28.7. The minimum Gasteiger partial charge on any atom is -0.364 e. The van der Waals surface area contributed by atoms with Crippen LogP contribution in [0.1, 0.15) is 36.6 Å². The Labute approximate surface area is 206 Å². The number of carbonyl (C=O) groups excluding carboxylic acids is 1. The Bertz CT molecular complexity index is 1220. The predicted octanol–water partition coefficient (Wildman–Crippen LogP) is 3.91. The highest BCUT2D eigenvalue weighted by molar-refractivity contribution is 5.81. The Morgan fingerprint density at radius 3 is 2.83 bits per heavy atom. The van der Waals surface area contributed by atoms with Crippen LogP contribution in [0.25, 0.3) is 11.3 Å². The molecule has 3 heterocycles. The molecular weight excluding hydrogens is 442 g/mol. The molecule has 4 rings (SSSR count). The van der Waals surface area contributed by atoms with Crippen LogP contribution in [0.5, 0.6) is 0 Å². The molecule has 1 aliphatic heterocycles. The summed E-state index contributed by atoms with van der Waals surface area (Å²) >= 11 is 0. The third-order valence-corrected chi connectivity index (χ3v) is 5.76. The molecule has 0 radical (unpaired) electrons. The van der Waals surface area contributed by atoms with Gasteiger partial charge in [0.2, 0.25) is 5.95 Å². The van der Waals surface area contributed by atoms with Gasteiger partial charge in [0.15, 0.2) is 0 Å². The van der Waals surface area contributed by atoms with E-state index in [1.54, 1.807) is 11.1 Å². The van der Waals surface area contributed by atoms with Gasteiger partial charge in [0, 0.05) is 48.9 Å². The van der Waals surface area contributed by atoms with E-state index in [1.807, 2.05) is 55.3 Å². The molecule has 0 spiro atoms. The fourth-order valence-corrected chi connectivity index (χ4v) is 3.87. The van der Waals surface area contributed by atoms with Crippen LogP contribution in [0.2, 0.25) is 0 Å². The molecule has 0 fully saturated rings. The van der Waals surface area contributed by atoms with Gasteiger partial charge >= 0.3 is 5.97 Å². The predicted molar refractivity (Wildman–Crippen MR) is 136 cm³/mol. The second-order valence-corrected chi connectivity index (χ2v) is 9.32. The van der Waals surface area contributed by atoms with Crippen molar-refractivity contribution in [3.8, 4) is 11.3 Å². The molecule has 2 aromatic heterocycles. The van der Waals surface area contributed by atoms with E-state index >= 15 is 0 Å². The number of aryl methyl sites for hydroxylation is 1. The zero-order valence-corrected chi connectivity index (χ0v) is 21.0. The summed E-state index contributed by atoms with van der Waals surface area (Å²) in [7, 11) is 3.90. The molecule has 0 saturated heterocycles. The van der Waals surface area contributed by atoms with Crippen molar-refractivity contribution < 1.29 is 9.63 Å². The number of likely N-dealkylation sites (N-methyl/N-ethyl adjacent to an activating group) is 1. The molecular formula is C26H33N7O2. The summed E-state index contributed by atoms with van der Waals surface area (Å²) in [6, 6.07) is 6.46. The molecule has 0 atom stereocenters. The van der Waals surface area contributed by atoms with E-state index in [-0.39, 0.29) is 12.0 Å². The topological polar surface area (TPSA) is 88.4 Å². The van der Waals surface area contributed by atoms with E-state index in [1.165, 1.54) is 11.6 Å². The third kappa shape index (κ3) is 6.32. The van der Waals surface area contributed by atoms with Crippen LogP contribution in [0.15, 0.2) is 48.9 Å². The number of hydrogen-bond donors (Lipinski definition) is 1. The van der Waals surface area contributed by atoms with Gasteiger partial charge in [-0.25, -0.2) is 14.8 Å². The Hall–Kier alpha value is -3.56. The number of nitrogens with one attached hydrogen (secondary N) is 1. The molecule has 1 aliphatic rings. The van der Waals surface area contributed by atoms with Crippen molar-refractivity contribution in [2.24, 2.45) is 0 Å². The molecule has 9 heteroatoms. The molecule has 0 amide bonds. The molecule has 3 aromatic rings. The van der Waals surface area contributed by atoms with Gasteiger partial charge in [0.1, 0.15) is 0 Å². The van der Waals surface area contributed by atoms with Gasteiger partial charge in [-0.15, -0.1) is 5.06 Å². The number of carbonyl (C=O) groups is 1. The van der Waals surface area contributed by atoms with E-state index in [4.69, 9.17) is 9.82 Å². The maximum atomic E-state index is 12.1. The first-order valence-corrected chi connectivity index (χ1v) is 11.8. The zero-order chi connectivity index (χ0) is 24.9. The van der Waals surface area contributed by atoms with Gasteiger partial charge in [0.05, 0.1) is 18.4 Å². The molecule has 9 nitrogen and oxygen atoms in total. The highest BCUT2D eigenvalue weighted by Crippen LogP contribution is 2.26.